The molecule has 0 aliphatic rings. The van der Waals surface area contributed by atoms with Crippen LogP contribution >= 0.6 is 0 Å². The van der Waals surface area contributed by atoms with Gasteiger partial charge < -0.3 is 16.6 Å². The lowest BCUT2D eigenvalue weighted by Gasteiger charge is -2.00. The Kier molecular flexibility index (Phi) is 2.66. The zero-order chi connectivity index (χ0) is 7.44. The summed E-state index contributed by atoms with van der Waals surface area (Å²) in [6.45, 7) is 0. The Balaban J connectivity index is 3.63. The van der Waals surface area contributed by atoms with Gasteiger partial charge in [0.05, 0.1) is 12.5 Å². The second-order valence-corrected chi connectivity index (χ2v) is 1.61. The smallest absolute Gasteiger partial charge is 0.305 e. The average molecular weight is 132 g/mol. The van der Waals surface area contributed by atoms with E-state index in [4.69, 9.17) is 10.8 Å². The maximum Gasteiger partial charge on any atom is 0.305 e. The molecule has 1 unspecified atom stereocenters. The molecule has 0 aromatic heterocycles. The van der Waals surface area contributed by atoms with E-state index in [2.05, 4.69) is 5.73 Å². The quantitative estimate of drug-likeness (QED) is 0.424. The number of hydrogen-bond donors (Lipinski definition) is 3. The summed E-state index contributed by atoms with van der Waals surface area (Å²) in [4.78, 5) is 19.9. The fourth-order valence-corrected chi connectivity index (χ4v) is 0.289. The van der Waals surface area contributed by atoms with E-state index in [1.165, 1.54) is 0 Å². The molecule has 0 rings (SSSR count). The van der Waals surface area contributed by atoms with Crippen molar-refractivity contribution in [3.8, 4) is 0 Å². The molecule has 0 fully saturated rings. The molecule has 52 valence electrons. The lowest BCUT2D eigenvalue weighted by molar-refractivity contribution is -0.139. The van der Waals surface area contributed by atoms with Crippen LogP contribution in [-0.4, -0.2) is 23.0 Å². The third kappa shape index (κ3) is 3.48. The van der Waals surface area contributed by atoms with Gasteiger partial charge in [-0.25, -0.2) is 0 Å². The van der Waals surface area contributed by atoms with Crippen molar-refractivity contribution in [3.63, 3.8) is 0 Å². The van der Waals surface area contributed by atoms with Crippen molar-refractivity contribution in [3.05, 3.63) is 0 Å². The number of carboxylic acids is 1. The highest BCUT2D eigenvalue weighted by Crippen LogP contribution is 1.84. The van der Waals surface area contributed by atoms with Crippen molar-refractivity contribution in [1.82, 2.24) is 0 Å². The standard InChI is InChI=1S/C4H8N2O3/c5-2(4(6)9)1-3(7)8/h2H,1,5H2,(H2,6,9)(H,7,8). The topological polar surface area (TPSA) is 106 Å². The van der Waals surface area contributed by atoms with Crippen LogP contribution in [0.15, 0.2) is 0 Å². The van der Waals surface area contributed by atoms with Gasteiger partial charge in [-0.3, -0.25) is 9.59 Å². The molecule has 1 amide bonds. The summed E-state index contributed by atoms with van der Waals surface area (Å²) in [6, 6.07) is -1.07. The van der Waals surface area contributed by atoms with Crippen LogP contribution < -0.4 is 11.5 Å². The van der Waals surface area contributed by atoms with Gasteiger partial charge >= 0.3 is 5.97 Å². The van der Waals surface area contributed by atoms with Gasteiger partial charge in [-0.15, -0.1) is 0 Å². The Bertz CT molecular complexity index is 134. The minimum atomic E-state index is -1.12. The highest BCUT2D eigenvalue weighted by atomic mass is 16.4. The van der Waals surface area contributed by atoms with Crippen LogP contribution in [0.1, 0.15) is 6.42 Å². The first-order valence-corrected chi connectivity index (χ1v) is 2.30. The van der Waals surface area contributed by atoms with E-state index in [-0.39, 0.29) is 0 Å². The molecule has 1 atom stereocenters. The van der Waals surface area contributed by atoms with E-state index in [0.29, 0.717) is 0 Å². The number of rotatable bonds is 3. The average Bonchev–Trinajstić information content (AvgIpc) is 1.63. The summed E-state index contributed by atoms with van der Waals surface area (Å²) in [6.07, 6.45) is -0.407. The first-order chi connectivity index (χ1) is 4.04. The third-order valence-electron chi connectivity index (χ3n) is 0.760. The summed E-state index contributed by atoms with van der Waals surface area (Å²) in [7, 11) is 0. The number of aliphatic carboxylic acids is 1. The summed E-state index contributed by atoms with van der Waals surface area (Å²) in [5, 5.41) is 8.04. The van der Waals surface area contributed by atoms with Crippen molar-refractivity contribution in [2.45, 2.75) is 12.5 Å². The zero-order valence-electron chi connectivity index (χ0n) is 4.70. The summed E-state index contributed by atoms with van der Waals surface area (Å²) < 4.78 is 0. The minimum Gasteiger partial charge on any atom is -0.481 e. The molecule has 0 aliphatic carbocycles. The van der Waals surface area contributed by atoms with Gasteiger partial charge in [-0.05, 0) is 0 Å². The molecule has 0 aliphatic heterocycles. The van der Waals surface area contributed by atoms with Crippen LogP contribution in [0.4, 0.5) is 0 Å². The lowest BCUT2D eigenvalue weighted by atomic mass is 10.2. The second kappa shape index (κ2) is 3.03. The van der Waals surface area contributed by atoms with Crippen molar-refractivity contribution in [1.29, 1.82) is 0 Å². The Morgan fingerprint density at radius 2 is 2.00 bits per heavy atom. The van der Waals surface area contributed by atoms with Crippen molar-refractivity contribution < 1.29 is 14.7 Å². The van der Waals surface area contributed by atoms with Gasteiger partial charge in [-0.2, -0.15) is 0 Å². The van der Waals surface area contributed by atoms with Crippen molar-refractivity contribution in [2.75, 3.05) is 0 Å². The number of nitrogens with two attached hydrogens (primary N) is 2. The zero-order valence-corrected chi connectivity index (χ0v) is 4.70. The molecule has 0 heterocycles. The highest BCUT2D eigenvalue weighted by Gasteiger charge is 2.12. The lowest BCUT2D eigenvalue weighted by Crippen LogP contribution is -2.38. The molecule has 0 spiro atoms. The van der Waals surface area contributed by atoms with Gasteiger partial charge in [0.2, 0.25) is 5.91 Å². The number of carboxylic acid groups (broad SMARTS) is 1. The minimum absolute atomic E-state index is 0.407. The molecule has 0 aromatic rings. The highest BCUT2D eigenvalue weighted by molar-refractivity contribution is 5.84. The van der Waals surface area contributed by atoms with Gasteiger partial charge in [0.1, 0.15) is 0 Å². The second-order valence-electron chi connectivity index (χ2n) is 1.61. The van der Waals surface area contributed by atoms with Crippen molar-refractivity contribution in [2.24, 2.45) is 11.5 Å². The fourth-order valence-electron chi connectivity index (χ4n) is 0.289. The van der Waals surface area contributed by atoms with Gasteiger partial charge in [-0.1, -0.05) is 0 Å². The summed E-state index contributed by atoms with van der Waals surface area (Å²) in [5.41, 5.74) is 9.62. The van der Waals surface area contributed by atoms with E-state index >= 15 is 0 Å². The molecule has 0 radical (unpaired) electrons. The molecule has 5 heteroatoms. The predicted molar refractivity (Wildman–Crippen MR) is 29.4 cm³/mol. The largest absolute Gasteiger partial charge is 0.481 e. The monoisotopic (exact) mass is 132 g/mol. The molecule has 9 heavy (non-hydrogen) atoms. The Morgan fingerprint density at radius 1 is 1.56 bits per heavy atom. The number of hydrogen-bond acceptors (Lipinski definition) is 3. The maximum absolute atomic E-state index is 10.1. The summed E-state index contributed by atoms with van der Waals surface area (Å²) in [5.74, 6) is -1.92. The Hall–Kier alpha value is -1.10. The Morgan fingerprint density at radius 3 is 2.11 bits per heavy atom. The van der Waals surface area contributed by atoms with Crippen LogP contribution in [0.5, 0.6) is 0 Å². The van der Waals surface area contributed by atoms with Gasteiger partial charge in [0, 0.05) is 0 Å². The molecule has 0 aromatic carbocycles. The first kappa shape index (κ1) is 7.90. The van der Waals surface area contributed by atoms with Crippen LogP contribution in [0.2, 0.25) is 0 Å². The van der Waals surface area contributed by atoms with E-state index in [1.807, 2.05) is 0 Å². The van der Waals surface area contributed by atoms with Crippen LogP contribution in [0, 0.1) is 0 Å². The van der Waals surface area contributed by atoms with Gasteiger partial charge in [0.25, 0.3) is 0 Å². The van der Waals surface area contributed by atoms with Crippen molar-refractivity contribution >= 4 is 11.9 Å². The number of primary amides is 1. The van der Waals surface area contributed by atoms with Crippen LogP contribution in [0.3, 0.4) is 0 Å². The number of carbonyl (C=O) groups excluding carboxylic acids is 1. The summed E-state index contributed by atoms with van der Waals surface area (Å²) >= 11 is 0. The normalized spacial score (nSPS) is 12.6. The molecule has 0 saturated heterocycles. The van der Waals surface area contributed by atoms with Crippen LogP contribution in [-0.2, 0) is 9.59 Å². The third-order valence-corrected chi connectivity index (χ3v) is 0.760. The number of amides is 1. The molecule has 0 bridgehead atoms. The van der Waals surface area contributed by atoms with Crippen LogP contribution in [0.25, 0.3) is 0 Å². The van der Waals surface area contributed by atoms with E-state index in [0.717, 1.165) is 0 Å². The van der Waals surface area contributed by atoms with E-state index < -0.39 is 24.3 Å². The number of carbonyl (C=O) groups is 2. The molecular weight excluding hydrogens is 124 g/mol. The maximum atomic E-state index is 10.1. The van der Waals surface area contributed by atoms with Gasteiger partial charge in [0.15, 0.2) is 0 Å². The first-order valence-electron chi connectivity index (χ1n) is 2.30. The van der Waals surface area contributed by atoms with E-state index in [9.17, 15) is 9.59 Å². The predicted octanol–water partition coefficient (Wildman–Crippen LogP) is -1.73. The fraction of sp³-hybridized carbons (Fsp3) is 0.500. The Labute approximate surface area is 51.6 Å². The van der Waals surface area contributed by atoms with E-state index in [1.54, 1.807) is 0 Å². The SMILES string of the molecule is NC(=O)C(N)CC(=O)O. The molecule has 5 nitrogen and oxygen atoms in total. The molecule has 0 saturated carbocycles. The molecule has 5 N–H and O–H groups in total. The molecular formula is C4H8N2O3.